The van der Waals surface area contributed by atoms with E-state index in [9.17, 15) is 9.90 Å². The van der Waals surface area contributed by atoms with Gasteiger partial charge in [-0.25, -0.2) is 9.78 Å². The highest BCUT2D eigenvalue weighted by Crippen LogP contribution is 2.21. The Balaban J connectivity index is 2.31. The first kappa shape index (κ1) is 15.0. The molecule has 0 bridgehead atoms. The van der Waals surface area contributed by atoms with Gasteiger partial charge in [0.1, 0.15) is 5.82 Å². The Morgan fingerprint density at radius 1 is 1.24 bits per heavy atom. The molecule has 0 radical (unpaired) electrons. The first-order valence-electron chi connectivity index (χ1n) is 7.11. The zero-order chi connectivity index (χ0) is 15.4. The van der Waals surface area contributed by atoms with Gasteiger partial charge in [0.25, 0.3) is 0 Å². The standard InChI is InChI=1S/C17H20N2O2/c1-4-12-5-7-14(8-6-12)18-16-10-13(17(20)21)9-15(19-16)11(2)3/h5-11H,4H2,1-3H3,(H,18,19)(H,20,21). The molecule has 0 amide bonds. The SMILES string of the molecule is CCc1ccc(Nc2cc(C(=O)O)cc(C(C)C)n2)cc1. The predicted molar refractivity (Wildman–Crippen MR) is 84.4 cm³/mol. The van der Waals surface area contributed by atoms with Crippen molar-refractivity contribution in [3.63, 3.8) is 0 Å². The molecule has 4 heteroatoms. The molecule has 0 fully saturated rings. The molecule has 4 nitrogen and oxygen atoms in total. The molecule has 0 unspecified atom stereocenters. The van der Waals surface area contributed by atoms with Gasteiger partial charge in [0.05, 0.1) is 5.56 Å². The van der Waals surface area contributed by atoms with Crippen molar-refractivity contribution in [2.24, 2.45) is 0 Å². The van der Waals surface area contributed by atoms with Crippen LogP contribution in [0.25, 0.3) is 0 Å². The molecular formula is C17H20N2O2. The van der Waals surface area contributed by atoms with Crippen LogP contribution in [0.1, 0.15) is 48.3 Å². The summed E-state index contributed by atoms with van der Waals surface area (Å²) in [6.07, 6.45) is 0.991. The highest BCUT2D eigenvalue weighted by atomic mass is 16.4. The van der Waals surface area contributed by atoms with Crippen LogP contribution in [0.4, 0.5) is 11.5 Å². The smallest absolute Gasteiger partial charge is 0.335 e. The van der Waals surface area contributed by atoms with Gasteiger partial charge < -0.3 is 10.4 Å². The molecule has 1 aromatic carbocycles. The van der Waals surface area contributed by atoms with Crippen molar-refractivity contribution < 1.29 is 9.90 Å². The second-order valence-corrected chi connectivity index (χ2v) is 5.30. The molecule has 110 valence electrons. The molecule has 1 aromatic heterocycles. The summed E-state index contributed by atoms with van der Waals surface area (Å²) in [4.78, 5) is 15.7. The van der Waals surface area contributed by atoms with E-state index in [1.807, 2.05) is 38.1 Å². The lowest BCUT2D eigenvalue weighted by atomic mass is 10.1. The zero-order valence-electron chi connectivity index (χ0n) is 12.6. The van der Waals surface area contributed by atoms with Gasteiger partial charge in [0.2, 0.25) is 0 Å². The molecule has 0 saturated heterocycles. The molecule has 0 saturated carbocycles. The molecule has 0 aliphatic rings. The number of carbonyl (C=O) groups is 1. The Morgan fingerprint density at radius 2 is 1.90 bits per heavy atom. The second-order valence-electron chi connectivity index (χ2n) is 5.30. The molecule has 0 spiro atoms. The lowest BCUT2D eigenvalue weighted by molar-refractivity contribution is 0.0696. The number of nitrogens with zero attached hydrogens (tertiary/aromatic N) is 1. The van der Waals surface area contributed by atoms with Crippen LogP contribution in [0, 0.1) is 0 Å². The number of hydrogen-bond acceptors (Lipinski definition) is 3. The fourth-order valence-corrected chi connectivity index (χ4v) is 2.01. The van der Waals surface area contributed by atoms with E-state index in [0.717, 1.165) is 17.8 Å². The van der Waals surface area contributed by atoms with Crippen molar-refractivity contribution in [3.05, 3.63) is 53.2 Å². The summed E-state index contributed by atoms with van der Waals surface area (Å²) in [5.41, 5.74) is 3.18. The van der Waals surface area contributed by atoms with Crippen LogP contribution in [-0.4, -0.2) is 16.1 Å². The first-order chi connectivity index (χ1) is 9.99. The van der Waals surface area contributed by atoms with Crippen LogP contribution in [-0.2, 0) is 6.42 Å². The summed E-state index contributed by atoms with van der Waals surface area (Å²) in [6.45, 7) is 6.09. The number of anilines is 2. The third-order valence-corrected chi connectivity index (χ3v) is 3.32. The Morgan fingerprint density at radius 3 is 2.43 bits per heavy atom. The van der Waals surface area contributed by atoms with Crippen LogP contribution in [0.3, 0.4) is 0 Å². The molecule has 0 aliphatic carbocycles. The van der Waals surface area contributed by atoms with Gasteiger partial charge in [-0.1, -0.05) is 32.9 Å². The number of nitrogens with one attached hydrogen (secondary N) is 1. The summed E-state index contributed by atoms with van der Waals surface area (Å²) in [5, 5.41) is 12.4. The van der Waals surface area contributed by atoms with E-state index in [4.69, 9.17) is 0 Å². The first-order valence-corrected chi connectivity index (χ1v) is 7.11. The summed E-state index contributed by atoms with van der Waals surface area (Å²) in [5.74, 6) is -0.209. The van der Waals surface area contributed by atoms with Gasteiger partial charge in [-0.15, -0.1) is 0 Å². The summed E-state index contributed by atoms with van der Waals surface area (Å²) >= 11 is 0. The van der Waals surface area contributed by atoms with E-state index < -0.39 is 5.97 Å². The number of hydrogen-bond donors (Lipinski definition) is 2. The molecule has 0 atom stereocenters. The lowest BCUT2D eigenvalue weighted by Crippen LogP contribution is -2.04. The number of benzene rings is 1. The summed E-state index contributed by atoms with van der Waals surface area (Å²) in [7, 11) is 0. The van der Waals surface area contributed by atoms with Gasteiger partial charge in [-0.05, 0) is 42.2 Å². The molecule has 2 aromatic rings. The number of pyridine rings is 1. The van der Waals surface area contributed by atoms with Crippen LogP contribution in [0.5, 0.6) is 0 Å². The van der Waals surface area contributed by atoms with Gasteiger partial charge in [0.15, 0.2) is 0 Å². The number of carboxylic acid groups (broad SMARTS) is 1. The number of aryl methyl sites for hydroxylation is 1. The fraction of sp³-hybridized carbons (Fsp3) is 0.294. The van der Waals surface area contributed by atoms with Gasteiger partial charge in [-0.2, -0.15) is 0 Å². The van der Waals surface area contributed by atoms with E-state index in [-0.39, 0.29) is 11.5 Å². The molecule has 21 heavy (non-hydrogen) atoms. The van der Waals surface area contributed by atoms with Crippen LogP contribution < -0.4 is 5.32 Å². The van der Waals surface area contributed by atoms with E-state index in [2.05, 4.69) is 17.2 Å². The van der Waals surface area contributed by atoms with Crippen molar-refractivity contribution >= 4 is 17.5 Å². The quantitative estimate of drug-likeness (QED) is 0.863. The van der Waals surface area contributed by atoms with Crippen molar-refractivity contribution in [1.29, 1.82) is 0 Å². The maximum absolute atomic E-state index is 11.2. The number of aromatic nitrogens is 1. The Hall–Kier alpha value is -2.36. The Kier molecular flexibility index (Phi) is 4.58. The van der Waals surface area contributed by atoms with Gasteiger partial charge in [-0.3, -0.25) is 0 Å². The molecule has 1 heterocycles. The molecule has 0 aliphatic heterocycles. The normalized spacial score (nSPS) is 10.7. The average molecular weight is 284 g/mol. The minimum Gasteiger partial charge on any atom is -0.478 e. The summed E-state index contributed by atoms with van der Waals surface area (Å²) in [6, 6.07) is 11.2. The minimum atomic E-state index is -0.941. The monoisotopic (exact) mass is 284 g/mol. The van der Waals surface area contributed by atoms with Crippen molar-refractivity contribution in [1.82, 2.24) is 4.98 Å². The van der Waals surface area contributed by atoms with Crippen molar-refractivity contribution in [3.8, 4) is 0 Å². The van der Waals surface area contributed by atoms with Crippen molar-refractivity contribution in [2.75, 3.05) is 5.32 Å². The Labute approximate surface area is 124 Å². The third-order valence-electron chi connectivity index (χ3n) is 3.32. The Bertz CT molecular complexity index is 634. The number of carboxylic acids is 1. The molecule has 2 rings (SSSR count). The van der Waals surface area contributed by atoms with Crippen LogP contribution in [0.15, 0.2) is 36.4 Å². The average Bonchev–Trinajstić information content (AvgIpc) is 2.47. The second kappa shape index (κ2) is 6.39. The van der Waals surface area contributed by atoms with Crippen molar-refractivity contribution in [2.45, 2.75) is 33.1 Å². The van der Waals surface area contributed by atoms with Crippen LogP contribution >= 0.6 is 0 Å². The largest absolute Gasteiger partial charge is 0.478 e. The molecule has 2 N–H and O–H groups in total. The lowest BCUT2D eigenvalue weighted by Gasteiger charge is -2.11. The maximum atomic E-state index is 11.2. The minimum absolute atomic E-state index is 0.173. The van der Waals surface area contributed by atoms with E-state index in [1.165, 1.54) is 5.56 Å². The van der Waals surface area contributed by atoms with Gasteiger partial charge >= 0.3 is 5.97 Å². The topological polar surface area (TPSA) is 62.2 Å². The maximum Gasteiger partial charge on any atom is 0.335 e. The van der Waals surface area contributed by atoms with E-state index >= 15 is 0 Å². The fourth-order valence-electron chi connectivity index (χ4n) is 2.01. The highest BCUT2D eigenvalue weighted by molar-refractivity contribution is 5.88. The summed E-state index contributed by atoms with van der Waals surface area (Å²) < 4.78 is 0. The third kappa shape index (κ3) is 3.81. The number of aromatic carboxylic acids is 1. The highest BCUT2D eigenvalue weighted by Gasteiger charge is 2.11. The van der Waals surface area contributed by atoms with E-state index in [0.29, 0.717) is 5.82 Å². The number of rotatable bonds is 5. The predicted octanol–water partition coefficient (Wildman–Crippen LogP) is 4.21. The zero-order valence-corrected chi connectivity index (χ0v) is 12.6. The van der Waals surface area contributed by atoms with Crippen LogP contribution in [0.2, 0.25) is 0 Å². The van der Waals surface area contributed by atoms with Gasteiger partial charge in [0, 0.05) is 11.4 Å². The van der Waals surface area contributed by atoms with E-state index in [1.54, 1.807) is 12.1 Å². The molecular weight excluding hydrogens is 264 g/mol.